The smallest absolute Gasteiger partial charge is 0.168 e. The third-order valence-corrected chi connectivity index (χ3v) is 4.07. The Morgan fingerprint density at radius 3 is 2.77 bits per heavy atom. The number of aromatic nitrogens is 1. The van der Waals surface area contributed by atoms with Gasteiger partial charge in [0.05, 0.1) is 0 Å². The number of furan rings is 1. The molecule has 0 fully saturated rings. The van der Waals surface area contributed by atoms with Crippen molar-refractivity contribution in [3.63, 3.8) is 0 Å². The van der Waals surface area contributed by atoms with Gasteiger partial charge in [0, 0.05) is 28.5 Å². The summed E-state index contributed by atoms with van der Waals surface area (Å²) in [6, 6.07) is 7.27. The molecule has 0 aliphatic carbocycles. The van der Waals surface area contributed by atoms with Crippen LogP contribution in [0.15, 0.2) is 39.8 Å². The van der Waals surface area contributed by atoms with Gasteiger partial charge in [-0.2, -0.15) is 0 Å². The van der Waals surface area contributed by atoms with E-state index in [1.165, 1.54) is 6.20 Å². The predicted molar refractivity (Wildman–Crippen MR) is 90.2 cm³/mol. The lowest BCUT2D eigenvalue weighted by molar-refractivity contribution is 0.499. The van der Waals surface area contributed by atoms with E-state index in [1.54, 1.807) is 6.07 Å². The summed E-state index contributed by atoms with van der Waals surface area (Å²) >= 11 is 10.2. The van der Waals surface area contributed by atoms with Crippen LogP contribution in [0.1, 0.15) is 19.6 Å². The predicted octanol–water partition coefficient (Wildman–Crippen LogP) is 5.77. The summed E-state index contributed by atoms with van der Waals surface area (Å²) in [5.74, 6) is 0.889. The first-order chi connectivity index (χ1) is 10.5. The average molecular weight is 336 g/mol. The fraction of sp³-hybridized carbons (Fsp3) is 0.235. The van der Waals surface area contributed by atoms with Crippen LogP contribution in [0.25, 0.3) is 22.1 Å². The number of benzene rings is 1. The van der Waals surface area contributed by atoms with E-state index < -0.39 is 5.82 Å². The molecule has 2 heterocycles. The first-order valence-electron chi connectivity index (χ1n) is 7.01. The minimum Gasteiger partial charge on any atom is -0.461 e. The van der Waals surface area contributed by atoms with Gasteiger partial charge in [-0.15, -0.1) is 12.6 Å². The van der Waals surface area contributed by atoms with Gasteiger partial charge in [-0.1, -0.05) is 25.4 Å². The minimum atomic E-state index is -0.537. The Kier molecular flexibility index (Phi) is 4.15. The quantitative estimate of drug-likeness (QED) is 0.485. The van der Waals surface area contributed by atoms with E-state index in [2.05, 4.69) is 31.5 Å². The Morgan fingerprint density at radius 2 is 2.05 bits per heavy atom. The van der Waals surface area contributed by atoms with Gasteiger partial charge >= 0.3 is 0 Å². The molecule has 0 aliphatic rings. The highest BCUT2D eigenvalue weighted by Crippen LogP contribution is 2.35. The number of thiol groups is 1. The van der Waals surface area contributed by atoms with Crippen LogP contribution in [-0.4, -0.2) is 4.98 Å². The molecule has 5 heteroatoms. The molecule has 0 atom stereocenters. The SMILES string of the molecule is CC(C)Cc1cc2cc(-c3ccnc(Cl)c3F)c(S)cc2o1. The van der Waals surface area contributed by atoms with Gasteiger partial charge in [0.15, 0.2) is 11.0 Å². The van der Waals surface area contributed by atoms with Gasteiger partial charge in [0.25, 0.3) is 0 Å². The molecule has 22 heavy (non-hydrogen) atoms. The number of hydrogen-bond acceptors (Lipinski definition) is 3. The van der Waals surface area contributed by atoms with E-state index in [-0.39, 0.29) is 5.15 Å². The van der Waals surface area contributed by atoms with E-state index in [0.29, 0.717) is 21.9 Å². The molecule has 0 bridgehead atoms. The Morgan fingerprint density at radius 1 is 1.27 bits per heavy atom. The maximum Gasteiger partial charge on any atom is 0.168 e. The molecule has 0 N–H and O–H groups in total. The zero-order valence-corrected chi connectivity index (χ0v) is 13.9. The molecule has 3 aromatic rings. The zero-order chi connectivity index (χ0) is 15.9. The topological polar surface area (TPSA) is 26.0 Å². The first-order valence-corrected chi connectivity index (χ1v) is 7.84. The van der Waals surface area contributed by atoms with E-state index in [0.717, 1.165) is 23.2 Å². The Labute approximate surface area is 138 Å². The lowest BCUT2D eigenvalue weighted by Crippen LogP contribution is -1.90. The van der Waals surface area contributed by atoms with Gasteiger partial charge < -0.3 is 4.42 Å². The lowest BCUT2D eigenvalue weighted by Gasteiger charge is -2.07. The minimum absolute atomic E-state index is 0.141. The van der Waals surface area contributed by atoms with Crippen molar-refractivity contribution in [3.8, 4) is 11.1 Å². The van der Waals surface area contributed by atoms with Crippen LogP contribution in [0.5, 0.6) is 0 Å². The fourth-order valence-electron chi connectivity index (χ4n) is 2.48. The van der Waals surface area contributed by atoms with E-state index >= 15 is 0 Å². The van der Waals surface area contributed by atoms with Crippen LogP contribution >= 0.6 is 24.2 Å². The molecular weight excluding hydrogens is 321 g/mol. The molecule has 1 aromatic carbocycles. The summed E-state index contributed by atoms with van der Waals surface area (Å²) in [7, 11) is 0. The molecule has 0 unspecified atom stereocenters. The zero-order valence-electron chi connectivity index (χ0n) is 12.2. The normalized spacial score (nSPS) is 11.5. The lowest BCUT2D eigenvalue weighted by atomic mass is 10.0. The van der Waals surface area contributed by atoms with Gasteiger partial charge in [0.1, 0.15) is 11.3 Å². The fourth-order valence-corrected chi connectivity index (χ4v) is 2.94. The summed E-state index contributed by atoms with van der Waals surface area (Å²) in [6.07, 6.45) is 2.35. The van der Waals surface area contributed by atoms with Crippen molar-refractivity contribution in [2.75, 3.05) is 0 Å². The van der Waals surface area contributed by atoms with Crippen LogP contribution in [0.4, 0.5) is 4.39 Å². The van der Waals surface area contributed by atoms with Crippen LogP contribution in [0.2, 0.25) is 5.15 Å². The number of hydrogen-bond donors (Lipinski definition) is 1. The van der Waals surface area contributed by atoms with Gasteiger partial charge in [0.2, 0.25) is 0 Å². The Bertz CT molecular complexity index is 844. The monoisotopic (exact) mass is 335 g/mol. The maximum absolute atomic E-state index is 14.2. The molecule has 2 aromatic heterocycles. The third-order valence-electron chi connectivity index (χ3n) is 3.43. The second-order valence-corrected chi connectivity index (χ2v) is 6.52. The summed E-state index contributed by atoms with van der Waals surface area (Å²) in [5, 5.41) is 0.786. The van der Waals surface area contributed by atoms with Crippen molar-refractivity contribution in [1.82, 2.24) is 4.98 Å². The van der Waals surface area contributed by atoms with Crippen LogP contribution in [0, 0.1) is 11.7 Å². The number of nitrogens with zero attached hydrogens (tertiary/aromatic N) is 1. The molecule has 0 saturated carbocycles. The number of pyridine rings is 1. The van der Waals surface area contributed by atoms with E-state index in [1.807, 2.05) is 18.2 Å². The molecule has 0 amide bonds. The number of halogens is 2. The average Bonchev–Trinajstić information content (AvgIpc) is 2.81. The van der Waals surface area contributed by atoms with E-state index in [4.69, 9.17) is 16.0 Å². The second kappa shape index (κ2) is 5.94. The number of rotatable bonds is 3. The van der Waals surface area contributed by atoms with Crippen LogP contribution < -0.4 is 0 Å². The Balaban J connectivity index is 2.14. The molecule has 2 nitrogen and oxygen atoms in total. The molecule has 3 rings (SSSR count). The molecule has 114 valence electrons. The van der Waals surface area contributed by atoms with Gasteiger partial charge in [-0.05, 0) is 35.7 Å². The highest BCUT2D eigenvalue weighted by Gasteiger charge is 2.15. The Hall–Kier alpha value is -1.52. The summed E-state index contributed by atoms with van der Waals surface area (Å²) in [5.41, 5.74) is 1.82. The van der Waals surface area contributed by atoms with Crippen molar-refractivity contribution in [3.05, 3.63) is 47.2 Å². The standard InChI is InChI=1S/C17H15ClFNOS/c1-9(2)5-11-6-10-7-13(15(22)8-14(10)21-11)12-3-4-20-17(18)16(12)19/h3-4,6-9,22H,5H2,1-2H3. The largest absolute Gasteiger partial charge is 0.461 e. The number of fused-ring (bicyclic) bond motifs is 1. The summed E-state index contributed by atoms with van der Waals surface area (Å²) in [6.45, 7) is 4.27. The van der Waals surface area contributed by atoms with Gasteiger partial charge in [-0.25, -0.2) is 9.37 Å². The van der Waals surface area contributed by atoms with E-state index in [9.17, 15) is 4.39 Å². The molecule has 0 aliphatic heterocycles. The van der Waals surface area contributed by atoms with Crippen LogP contribution in [0.3, 0.4) is 0 Å². The highest BCUT2D eigenvalue weighted by molar-refractivity contribution is 7.80. The molecule has 0 saturated heterocycles. The summed E-state index contributed by atoms with van der Waals surface area (Å²) < 4.78 is 20.0. The second-order valence-electron chi connectivity index (χ2n) is 5.68. The molecular formula is C17H15ClFNOS. The first kappa shape index (κ1) is 15.4. The highest BCUT2D eigenvalue weighted by atomic mass is 35.5. The maximum atomic E-state index is 14.2. The van der Waals surface area contributed by atoms with Crippen molar-refractivity contribution in [1.29, 1.82) is 0 Å². The molecule has 0 spiro atoms. The van der Waals surface area contributed by atoms with Crippen molar-refractivity contribution >= 4 is 35.2 Å². The third kappa shape index (κ3) is 2.85. The van der Waals surface area contributed by atoms with Crippen molar-refractivity contribution in [2.45, 2.75) is 25.2 Å². The summed E-state index contributed by atoms with van der Waals surface area (Å²) in [4.78, 5) is 4.38. The van der Waals surface area contributed by atoms with Crippen molar-refractivity contribution < 1.29 is 8.81 Å². The molecule has 0 radical (unpaired) electrons. The van der Waals surface area contributed by atoms with Gasteiger partial charge in [-0.3, -0.25) is 0 Å². The van der Waals surface area contributed by atoms with Crippen molar-refractivity contribution in [2.24, 2.45) is 5.92 Å². The van der Waals surface area contributed by atoms with Crippen LogP contribution in [-0.2, 0) is 6.42 Å².